The van der Waals surface area contributed by atoms with Crippen molar-refractivity contribution in [3.05, 3.63) is 59.7 Å². The van der Waals surface area contributed by atoms with Crippen molar-refractivity contribution >= 4 is 16.6 Å². The van der Waals surface area contributed by atoms with Crippen molar-refractivity contribution in [2.75, 3.05) is 6.61 Å². The van der Waals surface area contributed by atoms with Crippen molar-refractivity contribution in [1.82, 2.24) is 0 Å². The lowest BCUT2D eigenvalue weighted by molar-refractivity contribution is 0.0333. The first-order chi connectivity index (χ1) is 18.5. The van der Waals surface area contributed by atoms with Crippen molar-refractivity contribution in [3.63, 3.8) is 0 Å². The van der Waals surface area contributed by atoms with Crippen LogP contribution in [0.15, 0.2) is 48.6 Å². The molecule has 0 aromatic heterocycles. The molecule has 3 rings (SSSR count). The summed E-state index contributed by atoms with van der Waals surface area (Å²) in [5.74, 6) is 0.672. The van der Waals surface area contributed by atoms with Gasteiger partial charge in [0.25, 0.3) is 0 Å². The fraction of sp³-hybridized carbons (Fsp3) is 0.706. The van der Waals surface area contributed by atoms with E-state index in [2.05, 4.69) is 112 Å². The number of hydrogen-bond acceptors (Lipinski definition) is 3. The van der Waals surface area contributed by atoms with E-state index in [1.54, 1.807) is 0 Å². The van der Waals surface area contributed by atoms with Gasteiger partial charge in [0.1, 0.15) is 0 Å². The molecule has 1 aromatic carbocycles. The van der Waals surface area contributed by atoms with Crippen LogP contribution in [0.5, 0.6) is 0 Å². The van der Waals surface area contributed by atoms with Crippen LogP contribution in [-0.4, -0.2) is 34.9 Å². The van der Waals surface area contributed by atoms with Crippen molar-refractivity contribution in [2.24, 2.45) is 11.8 Å². The molecule has 0 aliphatic heterocycles. The topological polar surface area (TPSA) is 27.7 Å². The Morgan fingerprint density at radius 3 is 1.97 bits per heavy atom. The molecule has 0 saturated heterocycles. The van der Waals surface area contributed by atoms with Crippen LogP contribution >= 0.6 is 0 Å². The second kappa shape index (κ2) is 13.3. The predicted octanol–water partition coefficient (Wildman–Crippen LogP) is 9.99. The van der Waals surface area contributed by atoms with Crippen molar-refractivity contribution in [2.45, 2.75) is 135 Å². The van der Waals surface area contributed by atoms with Crippen LogP contribution in [0.2, 0.25) is 34.8 Å². The lowest BCUT2D eigenvalue weighted by atomic mass is 9.90. The quantitative estimate of drug-likeness (QED) is 0.119. The first-order valence-corrected chi connectivity index (χ1v) is 20.5. The average molecular weight is 571 g/mol. The van der Waals surface area contributed by atoms with Gasteiger partial charge in [-0.15, -0.1) is 6.58 Å². The van der Waals surface area contributed by atoms with E-state index in [9.17, 15) is 0 Å². The monoisotopic (exact) mass is 570 g/mol. The Morgan fingerprint density at radius 1 is 0.923 bits per heavy atom. The average Bonchev–Trinajstić information content (AvgIpc) is 3.38. The molecule has 0 heterocycles. The van der Waals surface area contributed by atoms with E-state index in [0.29, 0.717) is 41.7 Å². The van der Waals surface area contributed by atoms with E-state index in [-0.39, 0.29) is 11.7 Å². The van der Waals surface area contributed by atoms with E-state index >= 15 is 0 Å². The minimum atomic E-state index is -2.10. The highest BCUT2D eigenvalue weighted by atomic mass is 28.4. The number of ether oxygens (including phenoxy) is 1. The Morgan fingerprint density at radius 2 is 1.49 bits per heavy atom. The Kier molecular flexibility index (Phi) is 11.1. The highest BCUT2D eigenvalue weighted by Crippen LogP contribution is 2.61. The zero-order chi connectivity index (χ0) is 29.0. The summed E-state index contributed by atoms with van der Waals surface area (Å²) in [5.41, 5.74) is 5.26. The van der Waals surface area contributed by atoms with Gasteiger partial charge >= 0.3 is 0 Å². The van der Waals surface area contributed by atoms with Crippen molar-refractivity contribution in [3.8, 4) is 0 Å². The molecule has 4 atom stereocenters. The summed E-state index contributed by atoms with van der Waals surface area (Å²) in [7, 11) is -3.96. The number of hydrogen-bond donors (Lipinski definition) is 0. The van der Waals surface area contributed by atoms with Gasteiger partial charge < -0.3 is 13.6 Å². The third-order valence-electron chi connectivity index (χ3n) is 10.5. The van der Waals surface area contributed by atoms with Crippen molar-refractivity contribution < 1.29 is 13.6 Å². The van der Waals surface area contributed by atoms with Gasteiger partial charge in [0.2, 0.25) is 8.32 Å². The highest BCUT2D eigenvalue weighted by molar-refractivity contribution is 6.77. The van der Waals surface area contributed by atoms with Gasteiger partial charge in [-0.25, -0.2) is 0 Å². The molecule has 2 bridgehead atoms. The molecule has 5 heteroatoms. The lowest BCUT2D eigenvalue weighted by Crippen LogP contribution is -2.53. The van der Waals surface area contributed by atoms with Gasteiger partial charge in [-0.05, 0) is 65.7 Å². The van der Waals surface area contributed by atoms with Gasteiger partial charge in [0, 0.05) is 11.8 Å². The summed E-state index contributed by atoms with van der Waals surface area (Å²) >= 11 is 0. The normalized spacial score (nSPS) is 26.5. The molecule has 0 N–H and O–H groups in total. The molecule has 39 heavy (non-hydrogen) atoms. The molecule has 2 aliphatic carbocycles. The number of aryl methyl sites for hydroxylation is 1. The van der Waals surface area contributed by atoms with E-state index in [1.165, 1.54) is 16.7 Å². The zero-order valence-corrected chi connectivity index (χ0v) is 28.8. The molecule has 0 unspecified atom stereocenters. The summed E-state index contributed by atoms with van der Waals surface area (Å²) in [6.45, 7) is 29.2. The fourth-order valence-electron chi connectivity index (χ4n) is 8.18. The molecular formula is C34H58O3Si2. The van der Waals surface area contributed by atoms with Crippen LogP contribution in [0.4, 0.5) is 0 Å². The summed E-state index contributed by atoms with van der Waals surface area (Å²) in [6, 6.07) is 12.1. The molecule has 0 spiro atoms. The summed E-state index contributed by atoms with van der Waals surface area (Å²) in [4.78, 5) is 0. The van der Waals surface area contributed by atoms with Crippen LogP contribution in [0.1, 0.15) is 86.3 Å². The second-order valence-corrected chi connectivity index (χ2v) is 23.3. The standard InChI is InChI=1S/C34H58O3Si2/c1-12-34(37-38(13-2,14-3)15-4)31-20-21-32(34)33(36-39(25(5)6,26(7)8)27(9)10)30(31)22-23-35-24-29-18-16-28(11)17-19-29/h12,16-19,22,25-27,31-33H,1,13-15,20-21,23-24H2,2-11H3/b30-22+/t31-,32+,33+,34-/m0/s1. The molecule has 2 saturated carbocycles. The van der Waals surface area contributed by atoms with Crippen LogP contribution in [0.3, 0.4) is 0 Å². The zero-order valence-electron chi connectivity index (χ0n) is 26.8. The van der Waals surface area contributed by atoms with Crippen LogP contribution in [0, 0.1) is 18.8 Å². The molecule has 0 amide bonds. The first-order valence-electron chi connectivity index (χ1n) is 15.8. The van der Waals surface area contributed by atoms with Crippen LogP contribution < -0.4 is 0 Å². The van der Waals surface area contributed by atoms with Gasteiger partial charge in [-0.2, -0.15) is 0 Å². The number of fused-ring (bicyclic) bond motifs is 2. The number of benzene rings is 1. The number of rotatable bonds is 15. The predicted molar refractivity (Wildman–Crippen MR) is 172 cm³/mol. The summed E-state index contributed by atoms with van der Waals surface area (Å²) < 4.78 is 21.4. The smallest absolute Gasteiger partial charge is 0.201 e. The van der Waals surface area contributed by atoms with Gasteiger partial charge in [0.05, 0.1) is 24.9 Å². The van der Waals surface area contributed by atoms with Gasteiger partial charge in [-0.1, -0.05) is 104 Å². The largest absolute Gasteiger partial charge is 0.409 e. The third kappa shape index (κ3) is 6.13. The van der Waals surface area contributed by atoms with E-state index in [0.717, 1.165) is 31.0 Å². The minimum Gasteiger partial charge on any atom is -0.409 e. The van der Waals surface area contributed by atoms with Gasteiger partial charge in [-0.3, -0.25) is 0 Å². The van der Waals surface area contributed by atoms with E-state index < -0.39 is 16.6 Å². The lowest BCUT2D eigenvalue weighted by Gasteiger charge is -2.46. The highest BCUT2D eigenvalue weighted by Gasteiger charge is 2.64. The maximum absolute atomic E-state index is 7.63. The molecule has 1 aromatic rings. The molecule has 0 radical (unpaired) electrons. The van der Waals surface area contributed by atoms with E-state index in [4.69, 9.17) is 13.6 Å². The van der Waals surface area contributed by atoms with Crippen molar-refractivity contribution in [1.29, 1.82) is 0 Å². The Bertz CT molecular complexity index is 933. The maximum atomic E-state index is 7.63. The third-order valence-corrected chi connectivity index (χ3v) is 21.2. The summed E-state index contributed by atoms with van der Waals surface area (Å²) in [5, 5.41) is 0. The first kappa shape index (κ1) is 32.5. The Labute approximate surface area is 243 Å². The van der Waals surface area contributed by atoms with Crippen LogP contribution in [-0.2, 0) is 20.2 Å². The molecule has 3 nitrogen and oxygen atoms in total. The Balaban J connectivity index is 2.00. The van der Waals surface area contributed by atoms with Crippen LogP contribution in [0.25, 0.3) is 0 Å². The SMILES string of the molecule is C=C[C@@]1(O[Si](CC)(CC)CC)[C@@H]2CC[C@H]1/C(=C\COCc1ccc(C)cc1)[C@H]2O[Si](C(C)C)(C(C)C)C(C)C. The van der Waals surface area contributed by atoms with E-state index in [1.807, 2.05) is 0 Å². The minimum absolute atomic E-state index is 0.0980. The Hall–Kier alpha value is -0.986. The molecular weight excluding hydrogens is 513 g/mol. The maximum Gasteiger partial charge on any atom is 0.201 e. The molecule has 2 fully saturated rings. The van der Waals surface area contributed by atoms with Gasteiger partial charge in [0.15, 0.2) is 8.32 Å². The molecule has 2 aliphatic rings. The summed E-state index contributed by atoms with van der Waals surface area (Å²) in [6.07, 6.45) is 6.98. The fourth-order valence-corrected chi connectivity index (χ4v) is 16.8. The molecule has 220 valence electrons. The second-order valence-electron chi connectivity index (χ2n) is 13.2.